The van der Waals surface area contributed by atoms with Crippen LogP contribution in [0.4, 0.5) is 17.6 Å². The van der Waals surface area contributed by atoms with Crippen molar-refractivity contribution in [3.05, 3.63) is 23.8 Å². The van der Waals surface area contributed by atoms with E-state index in [1.165, 1.54) is 12.1 Å². The van der Waals surface area contributed by atoms with E-state index in [1.54, 1.807) is 0 Å². The van der Waals surface area contributed by atoms with Gasteiger partial charge in [0.25, 0.3) is 0 Å². The first-order chi connectivity index (χ1) is 11.4. The maximum atomic E-state index is 12.5. The Kier molecular flexibility index (Phi) is 6.00. The molecule has 1 saturated carbocycles. The van der Waals surface area contributed by atoms with Crippen LogP contribution in [0.2, 0.25) is 0 Å². The Morgan fingerprint density at radius 2 is 1.67 bits per heavy atom. The molecule has 1 aromatic carbocycles. The van der Waals surface area contributed by atoms with Crippen LogP contribution >= 0.6 is 0 Å². The molecule has 0 unspecified atom stereocenters. The summed E-state index contributed by atoms with van der Waals surface area (Å²) in [7, 11) is 0. The second-order valence-electron chi connectivity index (χ2n) is 5.57. The van der Waals surface area contributed by atoms with Gasteiger partial charge in [-0.3, -0.25) is 4.79 Å². The third-order valence-corrected chi connectivity index (χ3v) is 4.17. The van der Waals surface area contributed by atoms with E-state index in [2.05, 4.69) is 9.47 Å². The number of alkyl halides is 4. The second-order valence-corrected chi connectivity index (χ2v) is 5.57. The van der Waals surface area contributed by atoms with Crippen LogP contribution in [0.25, 0.3) is 0 Å². The molecular formula is C15H17F4NO4. The number of ether oxygens (including phenoxy) is 2. The SMILES string of the molecule is O=C1CCC(CNO)(c2ccc(OC(F)F)c(OC(F)F)c2)CC1. The predicted octanol–water partition coefficient (Wildman–Crippen LogP) is 3.25. The fraction of sp³-hybridized carbons (Fsp3) is 0.533. The number of nitrogens with one attached hydrogen (secondary N) is 1. The number of carbonyl (C=O) groups is 1. The molecule has 1 aromatic rings. The van der Waals surface area contributed by atoms with Crippen molar-refractivity contribution in [2.75, 3.05) is 6.54 Å². The van der Waals surface area contributed by atoms with E-state index in [-0.39, 0.29) is 25.2 Å². The standard InChI is InChI=1S/C15H17F4NO4/c16-13(17)23-11-2-1-9(7-12(11)24-14(18)19)15(8-20-22)5-3-10(21)4-6-15/h1-2,7,13-14,20,22H,3-6,8H2. The average Bonchev–Trinajstić information content (AvgIpc) is 2.51. The van der Waals surface area contributed by atoms with Gasteiger partial charge < -0.3 is 14.7 Å². The molecule has 1 aliphatic rings. The van der Waals surface area contributed by atoms with E-state index in [9.17, 15) is 22.4 Å². The molecule has 0 atom stereocenters. The summed E-state index contributed by atoms with van der Waals surface area (Å²) in [4.78, 5) is 11.5. The van der Waals surface area contributed by atoms with Crippen molar-refractivity contribution in [2.24, 2.45) is 0 Å². The van der Waals surface area contributed by atoms with E-state index in [4.69, 9.17) is 5.21 Å². The Hall–Kier alpha value is -1.87. The number of hydrogen-bond acceptors (Lipinski definition) is 5. The van der Waals surface area contributed by atoms with E-state index >= 15 is 0 Å². The fourth-order valence-corrected chi connectivity index (χ4v) is 2.95. The smallest absolute Gasteiger partial charge is 0.387 e. The minimum atomic E-state index is -3.21. The van der Waals surface area contributed by atoms with Gasteiger partial charge in [0.1, 0.15) is 5.78 Å². The van der Waals surface area contributed by atoms with Crippen LogP contribution in [0.15, 0.2) is 18.2 Å². The predicted molar refractivity (Wildman–Crippen MR) is 74.6 cm³/mol. The third kappa shape index (κ3) is 4.35. The highest BCUT2D eigenvalue weighted by Crippen LogP contribution is 2.41. The minimum Gasteiger partial charge on any atom is -0.431 e. The van der Waals surface area contributed by atoms with E-state index in [0.717, 1.165) is 6.07 Å². The molecule has 2 rings (SSSR count). The Morgan fingerprint density at radius 1 is 1.08 bits per heavy atom. The summed E-state index contributed by atoms with van der Waals surface area (Å²) >= 11 is 0. The Balaban J connectivity index is 2.38. The lowest BCUT2D eigenvalue weighted by atomic mass is 9.69. The summed E-state index contributed by atoms with van der Waals surface area (Å²) in [6.07, 6.45) is 1.34. The minimum absolute atomic E-state index is 0.0743. The molecular weight excluding hydrogens is 334 g/mol. The summed E-state index contributed by atoms with van der Waals surface area (Å²) in [5.41, 5.74) is 1.85. The van der Waals surface area contributed by atoms with Gasteiger partial charge in [0.15, 0.2) is 11.5 Å². The Bertz CT molecular complexity index is 573. The first kappa shape index (κ1) is 18.5. The average molecular weight is 351 g/mol. The van der Waals surface area contributed by atoms with Crippen LogP contribution in [0, 0.1) is 0 Å². The van der Waals surface area contributed by atoms with Crippen molar-refractivity contribution in [3.8, 4) is 11.5 Å². The summed E-state index contributed by atoms with van der Waals surface area (Å²) < 4.78 is 58.3. The maximum Gasteiger partial charge on any atom is 0.387 e. The van der Waals surface area contributed by atoms with Gasteiger partial charge >= 0.3 is 13.2 Å². The van der Waals surface area contributed by atoms with Crippen molar-refractivity contribution in [3.63, 3.8) is 0 Å². The molecule has 1 aliphatic carbocycles. The number of carbonyl (C=O) groups excluding carboxylic acids is 1. The number of ketones is 1. The lowest BCUT2D eigenvalue weighted by Gasteiger charge is -2.37. The number of hydroxylamine groups is 1. The third-order valence-electron chi connectivity index (χ3n) is 4.17. The number of Topliss-reactive ketones (excluding diaryl/α,β-unsaturated/α-hetero) is 1. The molecule has 0 spiro atoms. The lowest BCUT2D eigenvalue weighted by Crippen LogP contribution is -2.40. The number of hydrogen-bond donors (Lipinski definition) is 2. The van der Waals surface area contributed by atoms with Gasteiger partial charge in [0.2, 0.25) is 0 Å². The van der Waals surface area contributed by atoms with Gasteiger partial charge in [-0.1, -0.05) is 6.07 Å². The van der Waals surface area contributed by atoms with Crippen molar-refractivity contribution in [1.29, 1.82) is 0 Å². The van der Waals surface area contributed by atoms with Crippen molar-refractivity contribution in [1.82, 2.24) is 5.48 Å². The molecule has 0 amide bonds. The molecule has 0 radical (unpaired) electrons. The molecule has 9 heteroatoms. The van der Waals surface area contributed by atoms with Crippen molar-refractivity contribution in [2.45, 2.75) is 44.3 Å². The second kappa shape index (κ2) is 7.80. The van der Waals surface area contributed by atoms with Crippen molar-refractivity contribution < 1.29 is 37.0 Å². The molecule has 24 heavy (non-hydrogen) atoms. The zero-order valence-electron chi connectivity index (χ0n) is 12.6. The largest absolute Gasteiger partial charge is 0.431 e. The summed E-state index contributed by atoms with van der Waals surface area (Å²) in [5, 5.41) is 9.09. The van der Waals surface area contributed by atoms with Gasteiger partial charge in [-0.05, 0) is 30.5 Å². The van der Waals surface area contributed by atoms with Gasteiger partial charge in [-0.25, -0.2) is 5.48 Å². The summed E-state index contributed by atoms with van der Waals surface area (Å²) in [6.45, 7) is -6.31. The van der Waals surface area contributed by atoms with Crippen LogP contribution < -0.4 is 15.0 Å². The lowest BCUT2D eigenvalue weighted by molar-refractivity contribution is -0.121. The highest BCUT2D eigenvalue weighted by Gasteiger charge is 2.37. The fourth-order valence-electron chi connectivity index (χ4n) is 2.95. The van der Waals surface area contributed by atoms with E-state index < -0.39 is 30.1 Å². The van der Waals surface area contributed by atoms with Crippen LogP contribution in [-0.4, -0.2) is 30.8 Å². The van der Waals surface area contributed by atoms with E-state index in [1.807, 2.05) is 5.48 Å². The molecule has 1 fully saturated rings. The molecule has 5 nitrogen and oxygen atoms in total. The van der Waals surface area contributed by atoms with Crippen LogP contribution in [0.5, 0.6) is 11.5 Å². The quantitative estimate of drug-likeness (QED) is 0.583. The molecule has 0 saturated heterocycles. The van der Waals surface area contributed by atoms with Gasteiger partial charge in [-0.2, -0.15) is 17.6 Å². The Morgan fingerprint density at radius 3 is 2.21 bits per heavy atom. The summed E-state index contributed by atoms with van der Waals surface area (Å²) in [6, 6.07) is 3.76. The topological polar surface area (TPSA) is 67.8 Å². The van der Waals surface area contributed by atoms with E-state index in [0.29, 0.717) is 18.4 Å². The maximum absolute atomic E-state index is 12.5. The number of benzene rings is 1. The molecule has 0 aromatic heterocycles. The molecule has 2 N–H and O–H groups in total. The summed E-state index contributed by atoms with van der Waals surface area (Å²) in [5.74, 6) is -0.949. The molecule has 134 valence electrons. The first-order valence-corrected chi connectivity index (χ1v) is 7.29. The van der Waals surface area contributed by atoms with Crippen LogP contribution in [0.1, 0.15) is 31.2 Å². The van der Waals surface area contributed by atoms with Crippen molar-refractivity contribution >= 4 is 5.78 Å². The van der Waals surface area contributed by atoms with Gasteiger partial charge in [0, 0.05) is 24.8 Å². The highest BCUT2D eigenvalue weighted by molar-refractivity contribution is 5.79. The number of rotatable bonds is 7. The van der Waals surface area contributed by atoms with Crippen LogP contribution in [-0.2, 0) is 10.2 Å². The first-order valence-electron chi connectivity index (χ1n) is 7.29. The molecule has 0 bridgehead atoms. The highest BCUT2D eigenvalue weighted by atomic mass is 19.3. The molecule has 0 heterocycles. The zero-order valence-corrected chi connectivity index (χ0v) is 12.6. The van der Waals surface area contributed by atoms with Gasteiger partial charge in [0.05, 0.1) is 0 Å². The molecule has 0 aliphatic heterocycles. The van der Waals surface area contributed by atoms with Gasteiger partial charge in [-0.15, -0.1) is 0 Å². The normalized spacial score (nSPS) is 17.4. The number of halogens is 4. The Labute approximate surface area is 135 Å². The monoisotopic (exact) mass is 351 g/mol. The zero-order chi connectivity index (χ0) is 17.7. The van der Waals surface area contributed by atoms with Crippen LogP contribution in [0.3, 0.4) is 0 Å².